The summed E-state index contributed by atoms with van der Waals surface area (Å²) in [7, 11) is 0. The van der Waals surface area contributed by atoms with Crippen molar-refractivity contribution < 1.29 is 22.8 Å². The molecule has 0 bridgehead atoms. The van der Waals surface area contributed by atoms with Crippen molar-refractivity contribution in [3.05, 3.63) is 71.3 Å². The molecule has 124 valence electrons. The number of allylic oxidation sites excluding steroid dienone is 1. The second kappa shape index (κ2) is 7.12. The lowest BCUT2D eigenvalue weighted by molar-refractivity contribution is -0.137. The molecule has 0 spiro atoms. The van der Waals surface area contributed by atoms with Crippen molar-refractivity contribution in [1.82, 2.24) is 0 Å². The highest BCUT2D eigenvalue weighted by atomic mass is 19.4. The van der Waals surface area contributed by atoms with Crippen molar-refractivity contribution in [2.24, 2.45) is 0 Å². The van der Waals surface area contributed by atoms with Crippen LogP contribution in [0.3, 0.4) is 0 Å². The number of carbonyl (C=O) groups excluding carboxylic acids is 2. The second-order valence-electron chi connectivity index (χ2n) is 5.08. The largest absolute Gasteiger partial charge is 0.416 e. The summed E-state index contributed by atoms with van der Waals surface area (Å²) < 4.78 is 38.0. The van der Waals surface area contributed by atoms with E-state index in [9.17, 15) is 22.8 Å². The molecule has 2 aromatic carbocycles. The summed E-state index contributed by atoms with van der Waals surface area (Å²) in [6.45, 7) is 1.39. The molecule has 0 heterocycles. The van der Waals surface area contributed by atoms with Crippen molar-refractivity contribution in [3.63, 3.8) is 0 Å². The van der Waals surface area contributed by atoms with Crippen molar-refractivity contribution in [3.8, 4) is 0 Å². The molecule has 6 heteroatoms. The average Bonchev–Trinajstić information content (AvgIpc) is 2.53. The van der Waals surface area contributed by atoms with Crippen LogP contribution in [0.2, 0.25) is 0 Å². The summed E-state index contributed by atoms with van der Waals surface area (Å²) in [6, 6.07) is 11.0. The number of hydrogen-bond acceptors (Lipinski definition) is 2. The van der Waals surface area contributed by atoms with Crippen LogP contribution < -0.4 is 5.32 Å². The van der Waals surface area contributed by atoms with E-state index in [0.29, 0.717) is 11.3 Å². The fourth-order valence-corrected chi connectivity index (χ4v) is 2.00. The minimum Gasteiger partial charge on any atom is -0.326 e. The smallest absolute Gasteiger partial charge is 0.326 e. The second-order valence-corrected chi connectivity index (χ2v) is 5.08. The van der Waals surface area contributed by atoms with Gasteiger partial charge in [-0.25, -0.2) is 0 Å². The average molecular weight is 333 g/mol. The highest BCUT2D eigenvalue weighted by Crippen LogP contribution is 2.29. The van der Waals surface area contributed by atoms with E-state index >= 15 is 0 Å². The number of anilines is 1. The molecule has 2 aromatic rings. The molecule has 0 aliphatic rings. The summed E-state index contributed by atoms with van der Waals surface area (Å²) in [4.78, 5) is 22.9. The number of hydrogen-bond donors (Lipinski definition) is 1. The number of halogens is 3. The monoisotopic (exact) mass is 333 g/mol. The van der Waals surface area contributed by atoms with Crippen LogP contribution in [0.4, 0.5) is 18.9 Å². The maximum absolute atomic E-state index is 12.7. The molecule has 0 aliphatic heterocycles. The van der Waals surface area contributed by atoms with Crippen molar-refractivity contribution in [2.45, 2.75) is 13.1 Å². The number of alkyl halides is 3. The Morgan fingerprint density at radius 1 is 1.04 bits per heavy atom. The van der Waals surface area contributed by atoms with Crippen LogP contribution >= 0.6 is 0 Å². The van der Waals surface area contributed by atoms with Crippen LogP contribution in [0.1, 0.15) is 28.4 Å². The van der Waals surface area contributed by atoms with Gasteiger partial charge in [0.25, 0.3) is 0 Å². The third kappa shape index (κ3) is 4.81. The Balaban J connectivity index is 2.11. The van der Waals surface area contributed by atoms with Gasteiger partial charge in [0.15, 0.2) is 5.78 Å². The Labute approximate surface area is 136 Å². The number of benzene rings is 2. The van der Waals surface area contributed by atoms with Crippen LogP contribution in [0, 0.1) is 0 Å². The van der Waals surface area contributed by atoms with Gasteiger partial charge in [-0.05, 0) is 35.9 Å². The molecule has 2 rings (SSSR count). The van der Waals surface area contributed by atoms with E-state index in [1.54, 1.807) is 24.3 Å². The predicted molar refractivity (Wildman–Crippen MR) is 85.6 cm³/mol. The number of ketones is 1. The third-order valence-corrected chi connectivity index (χ3v) is 3.13. The predicted octanol–water partition coefficient (Wildman–Crippen LogP) is 4.56. The van der Waals surface area contributed by atoms with Gasteiger partial charge in [0, 0.05) is 18.2 Å². The highest BCUT2D eigenvalue weighted by molar-refractivity contribution is 6.06. The maximum atomic E-state index is 12.7. The van der Waals surface area contributed by atoms with Gasteiger partial charge in [-0.15, -0.1) is 0 Å². The first-order chi connectivity index (χ1) is 11.3. The lowest BCUT2D eigenvalue weighted by Crippen LogP contribution is -2.06. The van der Waals surface area contributed by atoms with Crippen LogP contribution in [0.15, 0.2) is 54.6 Å². The van der Waals surface area contributed by atoms with E-state index in [2.05, 4.69) is 5.32 Å². The van der Waals surface area contributed by atoms with Gasteiger partial charge < -0.3 is 5.32 Å². The Morgan fingerprint density at radius 3 is 2.29 bits per heavy atom. The topological polar surface area (TPSA) is 46.2 Å². The summed E-state index contributed by atoms with van der Waals surface area (Å²) in [5, 5.41) is 2.61. The van der Waals surface area contributed by atoms with Gasteiger partial charge in [0.05, 0.1) is 5.56 Å². The molecule has 24 heavy (non-hydrogen) atoms. The number of rotatable bonds is 4. The number of amides is 1. The molecule has 0 atom stereocenters. The van der Waals surface area contributed by atoms with E-state index in [4.69, 9.17) is 0 Å². The lowest BCUT2D eigenvalue weighted by atomic mass is 10.1. The first kappa shape index (κ1) is 17.5. The molecule has 1 N–H and O–H groups in total. The van der Waals surface area contributed by atoms with E-state index in [0.717, 1.165) is 12.1 Å². The fourth-order valence-electron chi connectivity index (χ4n) is 2.00. The van der Waals surface area contributed by atoms with Crippen molar-refractivity contribution in [1.29, 1.82) is 0 Å². The first-order valence-electron chi connectivity index (χ1n) is 7.03. The summed E-state index contributed by atoms with van der Waals surface area (Å²) in [6.07, 6.45) is -1.78. The zero-order chi connectivity index (χ0) is 17.7. The molecule has 0 aliphatic carbocycles. The molecule has 0 aromatic heterocycles. The third-order valence-electron chi connectivity index (χ3n) is 3.13. The molecule has 3 nitrogen and oxygen atoms in total. The quantitative estimate of drug-likeness (QED) is 0.658. The molecule has 0 saturated heterocycles. The number of nitrogens with one attached hydrogen (secondary N) is 1. The fraction of sp³-hybridized carbons (Fsp3) is 0.111. The van der Waals surface area contributed by atoms with Gasteiger partial charge in [0.2, 0.25) is 5.91 Å². The molecular formula is C18H14F3NO2. The highest BCUT2D eigenvalue weighted by Gasteiger charge is 2.30. The molecule has 0 saturated carbocycles. The van der Waals surface area contributed by atoms with Gasteiger partial charge in [-0.1, -0.05) is 30.3 Å². The molecule has 0 unspecified atom stereocenters. The van der Waals surface area contributed by atoms with E-state index < -0.39 is 17.5 Å². The summed E-state index contributed by atoms with van der Waals surface area (Å²) in [5.74, 6) is -0.718. The van der Waals surface area contributed by atoms with Gasteiger partial charge >= 0.3 is 6.18 Å². The molecule has 1 amide bonds. The van der Waals surface area contributed by atoms with Crippen LogP contribution in [0.5, 0.6) is 0 Å². The first-order valence-corrected chi connectivity index (χ1v) is 7.03. The van der Waals surface area contributed by atoms with Crippen molar-refractivity contribution in [2.75, 3.05) is 5.32 Å². The van der Waals surface area contributed by atoms with E-state index in [1.807, 2.05) is 0 Å². The van der Waals surface area contributed by atoms with Crippen molar-refractivity contribution >= 4 is 23.5 Å². The Hall–Kier alpha value is -2.89. The van der Waals surface area contributed by atoms with Gasteiger partial charge in [-0.3, -0.25) is 9.59 Å². The summed E-state index contributed by atoms with van der Waals surface area (Å²) in [5.41, 5.74) is 0.408. The van der Waals surface area contributed by atoms with Gasteiger partial charge in [-0.2, -0.15) is 13.2 Å². The Kier molecular flexibility index (Phi) is 5.18. The van der Waals surface area contributed by atoms with Crippen LogP contribution in [-0.2, 0) is 11.0 Å². The number of carbonyl (C=O) groups is 2. The van der Waals surface area contributed by atoms with E-state index in [-0.39, 0.29) is 11.5 Å². The minimum absolute atomic E-state index is 0.0315. The Morgan fingerprint density at radius 2 is 1.71 bits per heavy atom. The standard InChI is InChI=1S/C18H14F3NO2/c1-12(23)22-16-8-5-13(6-9-16)7-10-17(24)14-3-2-4-15(11-14)18(19,20)21/h2-11H,1H3,(H,22,23)/b10-7+. The maximum Gasteiger partial charge on any atom is 0.416 e. The van der Waals surface area contributed by atoms with Crippen LogP contribution in [0.25, 0.3) is 6.08 Å². The lowest BCUT2D eigenvalue weighted by Gasteiger charge is -2.07. The Bertz CT molecular complexity index is 778. The minimum atomic E-state index is -4.49. The van der Waals surface area contributed by atoms with Crippen LogP contribution in [-0.4, -0.2) is 11.7 Å². The normalized spacial score (nSPS) is 11.5. The zero-order valence-electron chi connectivity index (χ0n) is 12.7. The van der Waals surface area contributed by atoms with E-state index in [1.165, 1.54) is 31.2 Å². The van der Waals surface area contributed by atoms with Gasteiger partial charge in [0.1, 0.15) is 0 Å². The zero-order valence-corrected chi connectivity index (χ0v) is 12.7. The molecular weight excluding hydrogens is 319 g/mol. The molecule has 0 fully saturated rings. The summed E-state index contributed by atoms with van der Waals surface area (Å²) >= 11 is 0. The molecule has 0 radical (unpaired) electrons. The SMILES string of the molecule is CC(=O)Nc1ccc(/C=C/C(=O)c2cccc(C(F)(F)F)c2)cc1.